The molecule has 1 N–H and O–H groups in total. The fourth-order valence-corrected chi connectivity index (χ4v) is 2.89. The molecule has 1 aliphatic heterocycles. The highest BCUT2D eigenvalue weighted by atomic mass is 15.3. The highest BCUT2D eigenvalue weighted by molar-refractivity contribution is 4.87. The molecule has 1 saturated heterocycles. The zero-order chi connectivity index (χ0) is 13.7. The Morgan fingerprint density at radius 2 is 2.26 bits per heavy atom. The van der Waals surface area contributed by atoms with Crippen LogP contribution in [0.1, 0.15) is 39.4 Å². The number of piperidine rings is 1. The molecular weight excluding hydrogens is 238 g/mol. The Labute approximate surface area is 116 Å². The first-order chi connectivity index (χ1) is 9.24. The van der Waals surface area contributed by atoms with Gasteiger partial charge in [-0.3, -0.25) is 0 Å². The normalized spacial score (nSPS) is 22.6. The Kier molecular flexibility index (Phi) is 5.34. The molecule has 0 aromatic carbocycles. The van der Waals surface area contributed by atoms with Crippen LogP contribution in [-0.4, -0.2) is 45.3 Å². The molecule has 1 aromatic rings. The van der Waals surface area contributed by atoms with Gasteiger partial charge < -0.3 is 14.8 Å². The van der Waals surface area contributed by atoms with Gasteiger partial charge in [0.1, 0.15) is 12.2 Å². The molecule has 108 valence electrons. The standard InChI is InChI=1S/C14H27N5/c1-4-18-8-6-7-13(10-18)12(3)15-9-14-17-16-11-19(14)5-2/h11-13,15H,4-10H2,1-3H3. The fraction of sp³-hybridized carbons (Fsp3) is 0.857. The Hall–Kier alpha value is -0.940. The summed E-state index contributed by atoms with van der Waals surface area (Å²) in [5.41, 5.74) is 0. The third-order valence-electron chi connectivity index (χ3n) is 4.31. The van der Waals surface area contributed by atoms with Crippen LogP contribution >= 0.6 is 0 Å². The Balaban J connectivity index is 1.82. The molecule has 0 bridgehead atoms. The quantitative estimate of drug-likeness (QED) is 0.847. The van der Waals surface area contributed by atoms with Crippen LogP contribution in [0.2, 0.25) is 0 Å². The van der Waals surface area contributed by atoms with Crippen molar-refractivity contribution in [1.29, 1.82) is 0 Å². The van der Waals surface area contributed by atoms with Crippen molar-refractivity contribution in [1.82, 2.24) is 25.0 Å². The third kappa shape index (κ3) is 3.76. The number of nitrogens with one attached hydrogen (secondary N) is 1. The number of hydrogen-bond donors (Lipinski definition) is 1. The highest BCUT2D eigenvalue weighted by Crippen LogP contribution is 2.19. The molecule has 2 rings (SSSR count). The van der Waals surface area contributed by atoms with Crippen LogP contribution in [0.5, 0.6) is 0 Å². The van der Waals surface area contributed by atoms with Gasteiger partial charge in [0.15, 0.2) is 0 Å². The third-order valence-corrected chi connectivity index (χ3v) is 4.31. The Bertz CT molecular complexity index is 376. The molecule has 1 aliphatic rings. The van der Waals surface area contributed by atoms with E-state index in [-0.39, 0.29) is 0 Å². The van der Waals surface area contributed by atoms with E-state index >= 15 is 0 Å². The summed E-state index contributed by atoms with van der Waals surface area (Å²) in [7, 11) is 0. The molecule has 2 heterocycles. The van der Waals surface area contributed by atoms with Gasteiger partial charge in [-0.2, -0.15) is 0 Å². The smallest absolute Gasteiger partial charge is 0.146 e. The highest BCUT2D eigenvalue weighted by Gasteiger charge is 2.23. The Morgan fingerprint density at radius 1 is 1.42 bits per heavy atom. The minimum absolute atomic E-state index is 0.538. The van der Waals surface area contributed by atoms with Crippen molar-refractivity contribution in [2.75, 3.05) is 19.6 Å². The molecule has 0 amide bonds. The zero-order valence-electron chi connectivity index (χ0n) is 12.5. The zero-order valence-corrected chi connectivity index (χ0v) is 12.5. The first-order valence-electron chi connectivity index (χ1n) is 7.57. The molecule has 1 aromatic heterocycles. The molecule has 0 radical (unpaired) electrons. The van der Waals surface area contributed by atoms with Crippen molar-refractivity contribution in [2.24, 2.45) is 5.92 Å². The van der Waals surface area contributed by atoms with Crippen LogP contribution in [0, 0.1) is 5.92 Å². The number of nitrogens with zero attached hydrogens (tertiary/aromatic N) is 4. The summed E-state index contributed by atoms with van der Waals surface area (Å²) in [5, 5.41) is 11.8. The van der Waals surface area contributed by atoms with E-state index in [1.54, 1.807) is 6.33 Å². The predicted octanol–water partition coefficient (Wildman–Crippen LogP) is 1.51. The average molecular weight is 265 g/mol. The lowest BCUT2D eigenvalue weighted by Gasteiger charge is -2.35. The van der Waals surface area contributed by atoms with Crippen LogP contribution in [0.15, 0.2) is 6.33 Å². The molecule has 19 heavy (non-hydrogen) atoms. The molecule has 2 unspecified atom stereocenters. The van der Waals surface area contributed by atoms with Gasteiger partial charge in [-0.15, -0.1) is 10.2 Å². The minimum atomic E-state index is 0.538. The topological polar surface area (TPSA) is 46.0 Å². The van der Waals surface area contributed by atoms with E-state index in [0.29, 0.717) is 6.04 Å². The number of hydrogen-bond acceptors (Lipinski definition) is 4. The van der Waals surface area contributed by atoms with E-state index in [1.807, 2.05) is 0 Å². The maximum Gasteiger partial charge on any atom is 0.146 e. The fourth-order valence-electron chi connectivity index (χ4n) is 2.89. The second kappa shape index (κ2) is 7.01. The molecule has 0 aliphatic carbocycles. The number of aromatic nitrogens is 3. The van der Waals surface area contributed by atoms with E-state index in [1.165, 1.54) is 32.5 Å². The largest absolute Gasteiger partial charge is 0.317 e. The summed E-state index contributed by atoms with van der Waals surface area (Å²) in [6.45, 7) is 12.1. The first-order valence-corrected chi connectivity index (χ1v) is 7.57. The van der Waals surface area contributed by atoms with Crippen LogP contribution in [0.25, 0.3) is 0 Å². The predicted molar refractivity (Wildman–Crippen MR) is 76.8 cm³/mol. The van der Waals surface area contributed by atoms with Crippen molar-refractivity contribution in [2.45, 2.75) is 52.7 Å². The molecule has 2 atom stereocenters. The van der Waals surface area contributed by atoms with E-state index in [2.05, 4.69) is 45.8 Å². The molecule has 0 saturated carbocycles. The maximum atomic E-state index is 4.18. The SMILES string of the molecule is CCN1CCCC(C(C)NCc2nncn2CC)C1. The minimum Gasteiger partial charge on any atom is -0.317 e. The summed E-state index contributed by atoms with van der Waals surface area (Å²) < 4.78 is 2.10. The summed E-state index contributed by atoms with van der Waals surface area (Å²) >= 11 is 0. The van der Waals surface area contributed by atoms with Crippen molar-refractivity contribution < 1.29 is 0 Å². The summed E-state index contributed by atoms with van der Waals surface area (Å²) in [6.07, 6.45) is 4.47. The van der Waals surface area contributed by atoms with Crippen molar-refractivity contribution in [3.63, 3.8) is 0 Å². The van der Waals surface area contributed by atoms with E-state index in [9.17, 15) is 0 Å². The van der Waals surface area contributed by atoms with Gasteiger partial charge in [-0.1, -0.05) is 6.92 Å². The van der Waals surface area contributed by atoms with Crippen LogP contribution in [0.4, 0.5) is 0 Å². The maximum absolute atomic E-state index is 4.18. The van der Waals surface area contributed by atoms with Crippen molar-refractivity contribution in [3.8, 4) is 0 Å². The van der Waals surface area contributed by atoms with Gasteiger partial charge >= 0.3 is 0 Å². The van der Waals surface area contributed by atoms with Gasteiger partial charge in [0.25, 0.3) is 0 Å². The van der Waals surface area contributed by atoms with E-state index < -0.39 is 0 Å². The Morgan fingerprint density at radius 3 is 3.00 bits per heavy atom. The summed E-state index contributed by atoms with van der Waals surface area (Å²) in [5.74, 6) is 1.80. The van der Waals surface area contributed by atoms with Crippen molar-refractivity contribution >= 4 is 0 Å². The van der Waals surface area contributed by atoms with Gasteiger partial charge in [0, 0.05) is 19.1 Å². The molecule has 5 nitrogen and oxygen atoms in total. The molecule has 5 heteroatoms. The van der Waals surface area contributed by atoms with E-state index in [0.717, 1.165) is 24.8 Å². The first kappa shape index (κ1) is 14.5. The number of aryl methyl sites for hydroxylation is 1. The monoisotopic (exact) mass is 265 g/mol. The molecule has 0 spiro atoms. The van der Waals surface area contributed by atoms with Gasteiger partial charge in [0.2, 0.25) is 0 Å². The average Bonchev–Trinajstić information content (AvgIpc) is 2.92. The van der Waals surface area contributed by atoms with Crippen LogP contribution in [0.3, 0.4) is 0 Å². The number of likely N-dealkylation sites (tertiary alicyclic amines) is 1. The molecular formula is C14H27N5. The second-order valence-electron chi connectivity index (χ2n) is 5.50. The lowest BCUT2D eigenvalue weighted by molar-refractivity contribution is 0.156. The second-order valence-corrected chi connectivity index (χ2v) is 5.50. The lowest BCUT2D eigenvalue weighted by Crippen LogP contribution is -2.44. The summed E-state index contributed by atoms with van der Waals surface area (Å²) in [6, 6.07) is 0.538. The van der Waals surface area contributed by atoms with E-state index in [4.69, 9.17) is 0 Å². The van der Waals surface area contributed by atoms with Crippen molar-refractivity contribution in [3.05, 3.63) is 12.2 Å². The lowest BCUT2D eigenvalue weighted by atomic mass is 9.91. The summed E-state index contributed by atoms with van der Waals surface area (Å²) in [4.78, 5) is 2.56. The van der Waals surface area contributed by atoms with Crippen LogP contribution in [-0.2, 0) is 13.1 Å². The van der Waals surface area contributed by atoms with Gasteiger partial charge in [-0.05, 0) is 45.7 Å². The van der Waals surface area contributed by atoms with Crippen LogP contribution < -0.4 is 5.32 Å². The number of rotatable bonds is 6. The van der Waals surface area contributed by atoms with Gasteiger partial charge in [0.05, 0.1) is 6.54 Å². The van der Waals surface area contributed by atoms with Gasteiger partial charge in [-0.25, -0.2) is 0 Å². The molecule has 1 fully saturated rings.